The van der Waals surface area contributed by atoms with E-state index < -0.39 is 0 Å². The zero-order valence-corrected chi connectivity index (χ0v) is 15.9. The average molecular weight is 397 g/mol. The van der Waals surface area contributed by atoms with Gasteiger partial charge in [-0.05, 0) is 37.6 Å². The number of aromatic nitrogens is 4. The van der Waals surface area contributed by atoms with Gasteiger partial charge in [0.15, 0.2) is 5.69 Å². The first kappa shape index (κ1) is 18.1. The SMILES string of the molecule is Cc1nn(-c2ccccc2)nc1C(=O)N1CCCN1C(=O)c1ccc(Cl)nc1. The summed E-state index contributed by atoms with van der Waals surface area (Å²) in [5.74, 6) is -0.657. The number of hydrazine groups is 1. The summed E-state index contributed by atoms with van der Waals surface area (Å²) in [4.78, 5) is 31.3. The summed E-state index contributed by atoms with van der Waals surface area (Å²) in [6.45, 7) is 2.60. The molecule has 3 heterocycles. The molecule has 8 nitrogen and oxygen atoms in total. The summed E-state index contributed by atoms with van der Waals surface area (Å²) in [7, 11) is 0. The summed E-state index contributed by atoms with van der Waals surface area (Å²) in [6.07, 6.45) is 2.09. The predicted molar refractivity (Wildman–Crippen MR) is 102 cm³/mol. The monoisotopic (exact) mass is 396 g/mol. The van der Waals surface area contributed by atoms with Crippen LogP contribution in [0.1, 0.15) is 33.0 Å². The van der Waals surface area contributed by atoms with E-state index >= 15 is 0 Å². The van der Waals surface area contributed by atoms with Gasteiger partial charge in [0, 0.05) is 19.3 Å². The van der Waals surface area contributed by atoms with Crippen LogP contribution in [-0.2, 0) is 0 Å². The average Bonchev–Trinajstić information content (AvgIpc) is 3.35. The number of carbonyl (C=O) groups is 2. The third-order valence-corrected chi connectivity index (χ3v) is 4.67. The van der Waals surface area contributed by atoms with Crippen LogP contribution in [0.15, 0.2) is 48.7 Å². The lowest BCUT2D eigenvalue weighted by Crippen LogP contribution is -2.45. The topological polar surface area (TPSA) is 84.2 Å². The molecular formula is C19H17ClN6O2. The van der Waals surface area contributed by atoms with E-state index in [2.05, 4.69) is 15.2 Å². The van der Waals surface area contributed by atoms with Gasteiger partial charge in [0.25, 0.3) is 11.8 Å². The predicted octanol–water partition coefficient (Wildman–Crippen LogP) is 2.53. The quantitative estimate of drug-likeness (QED) is 0.635. The maximum Gasteiger partial charge on any atom is 0.294 e. The fraction of sp³-hybridized carbons (Fsp3) is 0.211. The van der Waals surface area contributed by atoms with Crippen molar-refractivity contribution in [1.82, 2.24) is 30.0 Å². The molecule has 4 rings (SSSR count). The Bertz CT molecular complexity index is 1020. The Labute approximate surface area is 166 Å². The van der Waals surface area contributed by atoms with E-state index in [-0.39, 0.29) is 17.5 Å². The number of hydrogen-bond acceptors (Lipinski definition) is 5. The van der Waals surface area contributed by atoms with Crippen molar-refractivity contribution < 1.29 is 9.59 Å². The van der Waals surface area contributed by atoms with Gasteiger partial charge in [0.1, 0.15) is 5.15 Å². The molecule has 0 aliphatic carbocycles. The molecule has 0 saturated carbocycles. The van der Waals surface area contributed by atoms with Crippen LogP contribution in [0.4, 0.5) is 0 Å². The molecule has 0 atom stereocenters. The number of halogens is 1. The zero-order chi connectivity index (χ0) is 19.7. The van der Waals surface area contributed by atoms with Gasteiger partial charge < -0.3 is 0 Å². The molecule has 0 N–H and O–H groups in total. The van der Waals surface area contributed by atoms with Crippen molar-refractivity contribution in [2.24, 2.45) is 0 Å². The molecule has 2 aromatic heterocycles. The molecule has 2 amide bonds. The molecule has 28 heavy (non-hydrogen) atoms. The van der Waals surface area contributed by atoms with Crippen molar-refractivity contribution in [3.8, 4) is 5.69 Å². The minimum atomic E-state index is -0.354. The van der Waals surface area contributed by atoms with E-state index in [0.717, 1.165) is 5.69 Å². The van der Waals surface area contributed by atoms with Gasteiger partial charge in [-0.25, -0.2) is 15.0 Å². The summed E-state index contributed by atoms with van der Waals surface area (Å²) >= 11 is 5.79. The number of rotatable bonds is 3. The number of carbonyl (C=O) groups excluding carboxylic acids is 2. The van der Waals surface area contributed by atoms with Gasteiger partial charge in [0.05, 0.1) is 16.9 Å². The molecule has 1 saturated heterocycles. The highest BCUT2D eigenvalue weighted by molar-refractivity contribution is 6.29. The fourth-order valence-corrected chi connectivity index (χ4v) is 3.17. The molecule has 0 spiro atoms. The molecule has 1 aliphatic rings. The van der Waals surface area contributed by atoms with Crippen LogP contribution in [0.2, 0.25) is 5.15 Å². The minimum absolute atomic E-state index is 0.220. The number of aryl methyl sites for hydroxylation is 1. The first-order chi connectivity index (χ1) is 13.5. The molecule has 1 aromatic carbocycles. The minimum Gasteiger partial charge on any atom is -0.267 e. The second kappa shape index (κ2) is 7.40. The van der Waals surface area contributed by atoms with Crippen molar-refractivity contribution >= 4 is 23.4 Å². The van der Waals surface area contributed by atoms with Crippen LogP contribution in [0.25, 0.3) is 5.69 Å². The molecule has 0 bridgehead atoms. The van der Waals surface area contributed by atoms with Crippen LogP contribution in [0, 0.1) is 6.92 Å². The van der Waals surface area contributed by atoms with Crippen molar-refractivity contribution in [2.45, 2.75) is 13.3 Å². The maximum absolute atomic E-state index is 13.1. The van der Waals surface area contributed by atoms with Crippen molar-refractivity contribution in [2.75, 3.05) is 13.1 Å². The van der Waals surface area contributed by atoms with E-state index in [1.165, 1.54) is 21.0 Å². The molecule has 142 valence electrons. The van der Waals surface area contributed by atoms with E-state index in [4.69, 9.17) is 11.6 Å². The van der Waals surface area contributed by atoms with Gasteiger partial charge in [-0.15, -0.1) is 5.10 Å². The molecular weight excluding hydrogens is 380 g/mol. The number of para-hydroxylation sites is 1. The number of amides is 2. The zero-order valence-electron chi connectivity index (χ0n) is 15.1. The van der Waals surface area contributed by atoms with Crippen LogP contribution >= 0.6 is 11.6 Å². The smallest absolute Gasteiger partial charge is 0.267 e. The maximum atomic E-state index is 13.1. The number of hydrogen-bond donors (Lipinski definition) is 0. The van der Waals surface area contributed by atoms with Gasteiger partial charge >= 0.3 is 0 Å². The van der Waals surface area contributed by atoms with Gasteiger partial charge in [-0.3, -0.25) is 9.59 Å². The van der Waals surface area contributed by atoms with Crippen molar-refractivity contribution in [3.63, 3.8) is 0 Å². The standard InChI is InChI=1S/C19H17ClN6O2/c1-13-17(23-26(22-13)15-6-3-2-4-7-15)19(28)25-11-5-10-24(25)18(27)14-8-9-16(20)21-12-14/h2-4,6-9,12H,5,10-11H2,1H3. The second-order valence-electron chi connectivity index (χ2n) is 6.34. The Morgan fingerprint density at radius 1 is 0.964 bits per heavy atom. The van der Waals surface area contributed by atoms with Crippen molar-refractivity contribution in [3.05, 3.63) is 70.8 Å². The highest BCUT2D eigenvalue weighted by atomic mass is 35.5. The van der Waals surface area contributed by atoms with E-state index in [9.17, 15) is 9.59 Å². The summed E-state index contributed by atoms with van der Waals surface area (Å²) < 4.78 is 0. The molecule has 1 fully saturated rings. The van der Waals surface area contributed by atoms with Crippen LogP contribution in [0.3, 0.4) is 0 Å². The van der Waals surface area contributed by atoms with E-state index in [1.807, 2.05) is 30.3 Å². The first-order valence-electron chi connectivity index (χ1n) is 8.79. The van der Waals surface area contributed by atoms with Gasteiger partial charge in [-0.1, -0.05) is 29.8 Å². The highest BCUT2D eigenvalue weighted by Gasteiger charge is 2.34. The summed E-state index contributed by atoms with van der Waals surface area (Å²) in [6, 6.07) is 12.5. The largest absolute Gasteiger partial charge is 0.294 e. The van der Waals surface area contributed by atoms with Gasteiger partial charge in [0.2, 0.25) is 0 Å². The van der Waals surface area contributed by atoms with Crippen LogP contribution in [-0.4, -0.2) is 54.9 Å². The molecule has 0 unspecified atom stereocenters. The fourth-order valence-electron chi connectivity index (χ4n) is 3.06. The van der Waals surface area contributed by atoms with E-state index in [0.29, 0.717) is 35.9 Å². The Hall–Kier alpha value is -3.26. The third-order valence-electron chi connectivity index (χ3n) is 4.45. The lowest BCUT2D eigenvalue weighted by Gasteiger charge is -2.27. The normalized spacial score (nSPS) is 13.8. The summed E-state index contributed by atoms with van der Waals surface area (Å²) in [5.41, 5.74) is 1.85. The summed E-state index contributed by atoms with van der Waals surface area (Å²) in [5, 5.41) is 11.8. The number of nitrogens with zero attached hydrogens (tertiary/aromatic N) is 6. The Morgan fingerprint density at radius 3 is 2.36 bits per heavy atom. The first-order valence-corrected chi connectivity index (χ1v) is 9.17. The Kier molecular flexibility index (Phi) is 4.79. The highest BCUT2D eigenvalue weighted by Crippen LogP contribution is 2.19. The third kappa shape index (κ3) is 3.34. The molecule has 3 aromatic rings. The van der Waals surface area contributed by atoms with E-state index in [1.54, 1.807) is 19.1 Å². The number of benzene rings is 1. The Balaban J connectivity index is 1.60. The molecule has 9 heteroatoms. The lowest BCUT2D eigenvalue weighted by atomic mass is 10.2. The van der Waals surface area contributed by atoms with Crippen LogP contribution < -0.4 is 0 Å². The Morgan fingerprint density at radius 2 is 1.68 bits per heavy atom. The van der Waals surface area contributed by atoms with Crippen LogP contribution in [0.5, 0.6) is 0 Å². The number of pyridine rings is 1. The van der Waals surface area contributed by atoms with Crippen molar-refractivity contribution in [1.29, 1.82) is 0 Å². The molecule has 1 aliphatic heterocycles. The second-order valence-corrected chi connectivity index (χ2v) is 6.73. The lowest BCUT2D eigenvalue weighted by molar-refractivity contribution is 0.0181. The molecule has 0 radical (unpaired) electrons. The van der Waals surface area contributed by atoms with Gasteiger partial charge in [-0.2, -0.15) is 9.90 Å².